The Labute approximate surface area is 145 Å². The van der Waals surface area contributed by atoms with Gasteiger partial charge in [0, 0.05) is 42.0 Å². The number of hydrogen-bond donors (Lipinski definition) is 1. The van der Waals surface area contributed by atoms with Crippen LogP contribution in [0.25, 0.3) is 0 Å². The van der Waals surface area contributed by atoms with Gasteiger partial charge in [-0.05, 0) is 30.3 Å². The Balaban J connectivity index is 1.48. The number of piperazine rings is 1. The van der Waals surface area contributed by atoms with Crippen molar-refractivity contribution in [2.75, 3.05) is 42.9 Å². The average Bonchev–Trinajstić information content (AvgIpc) is 2.61. The van der Waals surface area contributed by atoms with Gasteiger partial charge < -0.3 is 15.1 Å². The van der Waals surface area contributed by atoms with Crippen LogP contribution in [0, 0.1) is 0 Å². The number of benzene rings is 2. The van der Waals surface area contributed by atoms with Gasteiger partial charge in [0.1, 0.15) is 0 Å². The summed E-state index contributed by atoms with van der Waals surface area (Å²) in [4.78, 5) is 16.6. The number of rotatable bonds is 4. The van der Waals surface area contributed by atoms with Gasteiger partial charge in [-0.1, -0.05) is 40.2 Å². The van der Waals surface area contributed by atoms with E-state index in [1.807, 2.05) is 35.2 Å². The number of amides is 1. The number of carbonyl (C=O) groups excluding carboxylic acids is 1. The zero-order valence-corrected chi connectivity index (χ0v) is 14.5. The quantitative estimate of drug-likeness (QED) is 0.893. The van der Waals surface area contributed by atoms with Gasteiger partial charge in [0.2, 0.25) is 5.91 Å². The first kappa shape index (κ1) is 15.9. The molecule has 1 fully saturated rings. The summed E-state index contributed by atoms with van der Waals surface area (Å²) in [5.41, 5.74) is 2.18. The lowest BCUT2D eigenvalue weighted by Crippen LogP contribution is -2.50. The molecule has 120 valence electrons. The van der Waals surface area contributed by atoms with Crippen LogP contribution >= 0.6 is 15.9 Å². The van der Waals surface area contributed by atoms with Crippen molar-refractivity contribution in [2.45, 2.75) is 0 Å². The summed E-state index contributed by atoms with van der Waals surface area (Å²) >= 11 is 3.43. The highest BCUT2D eigenvalue weighted by Crippen LogP contribution is 2.17. The number of hydrogen-bond acceptors (Lipinski definition) is 3. The minimum atomic E-state index is 0.151. The Morgan fingerprint density at radius 3 is 2.43 bits per heavy atom. The molecule has 0 atom stereocenters. The van der Waals surface area contributed by atoms with Crippen molar-refractivity contribution in [3.05, 3.63) is 59.1 Å². The third-order valence-corrected chi connectivity index (χ3v) is 4.52. The van der Waals surface area contributed by atoms with Crippen LogP contribution in [0.4, 0.5) is 11.4 Å². The number of para-hydroxylation sites is 1. The molecule has 1 heterocycles. The molecule has 0 spiro atoms. The van der Waals surface area contributed by atoms with Gasteiger partial charge in [-0.2, -0.15) is 0 Å². The smallest absolute Gasteiger partial charge is 0.241 e. The molecule has 0 unspecified atom stereocenters. The van der Waals surface area contributed by atoms with Crippen LogP contribution in [0.15, 0.2) is 59.1 Å². The molecule has 2 aromatic carbocycles. The van der Waals surface area contributed by atoms with Crippen molar-refractivity contribution in [3.8, 4) is 0 Å². The Morgan fingerprint density at radius 1 is 1.00 bits per heavy atom. The molecular formula is C18H20BrN3O. The maximum Gasteiger partial charge on any atom is 0.241 e. The van der Waals surface area contributed by atoms with Crippen LogP contribution in [0.5, 0.6) is 0 Å². The second kappa shape index (κ2) is 7.51. The van der Waals surface area contributed by atoms with Gasteiger partial charge in [-0.15, -0.1) is 0 Å². The third-order valence-electron chi connectivity index (χ3n) is 4.02. The van der Waals surface area contributed by atoms with Gasteiger partial charge in [0.15, 0.2) is 0 Å². The first-order valence-electron chi connectivity index (χ1n) is 7.79. The van der Waals surface area contributed by atoms with Crippen LogP contribution in [0.2, 0.25) is 0 Å². The van der Waals surface area contributed by atoms with Gasteiger partial charge in [0.05, 0.1) is 6.54 Å². The van der Waals surface area contributed by atoms with E-state index >= 15 is 0 Å². The molecule has 0 bridgehead atoms. The normalized spacial score (nSPS) is 14.7. The van der Waals surface area contributed by atoms with Crippen LogP contribution in [0.3, 0.4) is 0 Å². The minimum absolute atomic E-state index is 0.151. The number of anilines is 2. The molecule has 3 rings (SSSR count). The van der Waals surface area contributed by atoms with Crippen molar-refractivity contribution in [1.82, 2.24) is 4.90 Å². The fourth-order valence-electron chi connectivity index (χ4n) is 2.74. The molecule has 2 aromatic rings. The van der Waals surface area contributed by atoms with Crippen molar-refractivity contribution in [2.24, 2.45) is 0 Å². The Bertz CT molecular complexity index is 654. The molecule has 5 heteroatoms. The maximum absolute atomic E-state index is 12.3. The summed E-state index contributed by atoms with van der Waals surface area (Å²) in [6, 6.07) is 18.2. The summed E-state index contributed by atoms with van der Waals surface area (Å²) in [5, 5.41) is 3.19. The molecule has 23 heavy (non-hydrogen) atoms. The summed E-state index contributed by atoms with van der Waals surface area (Å²) in [7, 11) is 0. The summed E-state index contributed by atoms with van der Waals surface area (Å²) in [6.07, 6.45) is 0. The monoisotopic (exact) mass is 373 g/mol. The lowest BCUT2D eigenvalue weighted by atomic mass is 10.2. The molecule has 1 amide bonds. The molecule has 0 aromatic heterocycles. The highest BCUT2D eigenvalue weighted by molar-refractivity contribution is 9.10. The van der Waals surface area contributed by atoms with E-state index in [0.29, 0.717) is 6.54 Å². The van der Waals surface area contributed by atoms with Crippen molar-refractivity contribution in [1.29, 1.82) is 0 Å². The Hall–Kier alpha value is -2.01. The fraction of sp³-hybridized carbons (Fsp3) is 0.278. The van der Waals surface area contributed by atoms with E-state index in [4.69, 9.17) is 0 Å². The maximum atomic E-state index is 12.3. The third kappa shape index (κ3) is 4.26. The molecule has 1 N–H and O–H groups in total. The molecular weight excluding hydrogens is 354 g/mol. The largest absolute Gasteiger partial charge is 0.376 e. The van der Waals surface area contributed by atoms with E-state index in [0.717, 1.165) is 36.3 Å². The van der Waals surface area contributed by atoms with E-state index in [-0.39, 0.29) is 5.91 Å². The second-order valence-corrected chi connectivity index (χ2v) is 6.48. The van der Waals surface area contributed by atoms with Crippen LogP contribution in [-0.4, -0.2) is 43.5 Å². The Morgan fingerprint density at radius 2 is 1.74 bits per heavy atom. The summed E-state index contributed by atoms with van der Waals surface area (Å²) in [6.45, 7) is 3.64. The first-order valence-corrected chi connectivity index (χ1v) is 8.59. The molecule has 4 nitrogen and oxygen atoms in total. The van der Waals surface area contributed by atoms with E-state index in [2.05, 4.69) is 50.4 Å². The molecule has 0 saturated carbocycles. The molecule has 1 aliphatic rings. The number of carbonyl (C=O) groups is 1. The Kier molecular flexibility index (Phi) is 5.18. The molecule has 1 aliphatic heterocycles. The number of halogens is 1. The van der Waals surface area contributed by atoms with Crippen molar-refractivity contribution < 1.29 is 4.79 Å². The minimum Gasteiger partial charge on any atom is -0.376 e. The second-order valence-electron chi connectivity index (χ2n) is 5.57. The summed E-state index contributed by atoms with van der Waals surface area (Å²) < 4.78 is 1.01. The zero-order chi connectivity index (χ0) is 16.1. The highest BCUT2D eigenvalue weighted by atomic mass is 79.9. The van der Waals surface area contributed by atoms with Gasteiger partial charge >= 0.3 is 0 Å². The number of nitrogens with zero attached hydrogens (tertiary/aromatic N) is 2. The number of nitrogens with one attached hydrogen (secondary N) is 1. The lowest BCUT2D eigenvalue weighted by Gasteiger charge is -2.36. The zero-order valence-electron chi connectivity index (χ0n) is 12.9. The molecule has 0 aliphatic carbocycles. The fourth-order valence-corrected chi connectivity index (χ4v) is 3.14. The van der Waals surface area contributed by atoms with Crippen LogP contribution in [-0.2, 0) is 4.79 Å². The standard InChI is InChI=1S/C18H20BrN3O/c19-15-5-4-6-16(13-15)20-14-18(23)22-11-9-21(10-12-22)17-7-2-1-3-8-17/h1-8,13,20H,9-12,14H2. The van der Waals surface area contributed by atoms with Crippen LogP contribution < -0.4 is 10.2 Å². The average molecular weight is 374 g/mol. The predicted octanol–water partition coefficient (Wildman–Crippen LogP) is 3.21. The SMILES string of the molecule is O=C(CNc1cccc(Br)c1)N1CCN(c2ccccc2)CC1. The highest BCUT2D eigenvalue weighted by Gasteiger charge is 2.20. The van der Waals surface area contributed by atoms with Crippen molar-refractivity contribution >= 4 is 33.2 Å². The topological polar surface area (TPSA) is 35.6 Å². The van der Waals surface area contributed by atoms with E-state index < -0.39 is 0 Å². The van der Waals surface area contributed by atoms with E-state index in [9.17, 15) is 4.79 Å². The van der Waals surface area contributed by atoms with E-state index in [1.54, 1.807) is 0 Å². The predicted molar refractivity (Wildman–Crippen MR) is 97.9 cm³/mol. The van der Waals surface area contributed by atoms with E-state index in [1.165, 1.54) is 5.69 Å². The van der Waals surface area contributed by atoms with Gasteiger partial charge in [-0.3, -0.25) is 4.79 Å². The van der Waals surface area contributed by atoms with Crippen LogP contribution in [0.1, 0.15) is 0 Å². The first-order chi connectivity index (χ1) is 11.2. The molecule has 0 radical (unpaired) electrons. The van der Waals surface area contributed by atoms with Gasteiger partial charge in [0.25, 0.3) is 0 Å². The summed E-state index contributed by atoms with van der Waals surface area (Å²) in [5.74, 6) is 0.151. The molecule has 1 saturated heterocycles. The lowest BCUT2D eigenvalue weighted by molar-refractivity contribution is -0.129. The van der Waals surface area contributed by atoms with Crippen molar-refractivity contribution in [3.63, 3.8) is 0 Å². The van der Waals surface area contributed by atoms with Gasteiger partial charge in [-0.25, -0.2) is 0 Å².